The van der Waals surface area contributed by atoms with E-state index in [1.54, 1.807) is 13.1 Å². The number of aromatic nitrogens is 3. The first-order chi connectivity index (χ1) is 21.0. The number of amides is 3. The number of hydrogen-bond donors (Lipinski definition) is 9. The van der Waals surface area contributed by atoms with E-state index in [1.807, 2.05) is 31.2 Å². The first-order valence-corrected chi connectivity index (χ1v) is 14.5. The van der Waals surface area contributed by atoms with E-state index in [-0.39, 0.29) is 31.1 Å². The monoisotopic (exact) mass is 610 g/mol. The van der Waals surface area contributed by atoms with E-state index in [1.165, 1.54) is 12.5 Å². The van der Waals surface area contributed by atoms with Gasteiger partial charge in [-0.25, -0.2) is 9.78 Å². The smallest absolute Gasteiger partial charge is 0.326 e. The largest absolute Gasteiger partial charge is 0.480 e. The van der Waals surface area contributed by atoms with Crippen LogP contribution in [0.1, 0.15) is 44.4 Å². The van der Waals surface area contributed by atoms with Crippen molar-refractivity contribution in [2.24, 2.45) is 28.1 Å². The van der Waals surface area contributed by atoms with E-state index < -0.39 is 47.9 Å². The molecule has 3 aromatic rings. The Balaban J connectivity index is 1.74. The lowest BCUT2D eigenvalue weighted by Crippen LogP contribution is -2.59. The minimum atomic E-state index is -1.27. The number of benzene rings is 1. The number of aliphatic imine (C=N–C) groups is 1. The van der Waals surface area contributed by atoms with Crippen molar-refractivity contribution in [3.8, 4) is 0 Å². The molecule has 0 saturated heterocycles. The van der Waals surface area contributed by atoms with E-state index in [4.69, 9.17) is 17.2 Å². The van der Waals surface area contributed by atoms with Gasteiger partial charge in [0.1, 0.15) is 18.1 Å². The van der Waals surface area contributed by atoms with Gasteiger partial charge in [-0.15, -0.1) is 0 Å². The number of fused-ring (bicyclic) bond motifs is 1. The summed E-state index contributed by atoms with van der Waals surface area (Å²) in [7, 11) is 0. The number of guanidine groups is 1. The summed E-state index contributed by atoms with van der Waals surface area (Å²) >= 11 is 0. The van der Waals surface area contributed by atoms with Crippen LogP contribution >= 0.6 is 0 Å². The van der Waals surface area contributed by atoms with Crippen LogP contribution < -0.4 is 33.2 Å². The lowest BCUT2D eigenvalue weighted by Gasteiger charge is -2.28. The molecular weight excluding hydrogens is 568 g/mol. The second-order valence-electron chi connectivity index (χ2n) is 10.7. The first kappa shape index (κ1) is 33.6. The molecule has 0 radical (unpaired) electrons. The van der Waals surface area contributed by atoms with Crippen LogP contribution in [0.2, 0.25) is 0 Å². The Labute approximate surface area is 254 Å². The van der Waals surface area contributed by atoms with Crippen LogP contribution in [0.3, 0.4) is 0 Å². The molecule has 3 rings (SSSR count). The normalized spacial score (nSPS) is 14.5. The highest BCUT2D eigenvalue weighted by Crippen LogP contribution is 2.19. The summed E-state index contributed by atoms with van der Waals surface area (Å²) in [5, 5.41) is 18.8. The number of H-pyrrole nitrogens is 2. The van der Waals surface area contributed by atoms with Crippen LogP contribution in [0.4, 0.5) is 0 Å². The predicted octanol–water partition coefficient (Wildman–Crippen LogP) is -0.358. The van der Waals surface area contributed by atoms with Crippen molar-refractivity contribution in [3.05, 3.63) is 54.2 Å². The zero-order valence-corrected chi connectivity index (χ0v) is 24.9. The Morgan fingerprint density at radius 3 is 2.39 bits per heavy atom. The molecule has 0 aliphatic rings. The van der Waals surface area contributed by atoms with Gasteiger partial charge in [0.25, 0.3) is 0 Å². The van der Waals surface area contributed by atoms with Crippen LogP contribution in [0.25, 0.3) is 10.9 Å². The molecule has 238 valence electrons. The molecule has 2 aromatic heterocycles. The van der Waals surface area contributed by atoms with Crippen molar-refractivity contribution in [3.63, 3.8) is 0 Å². The number of para-hydroxylation sites is 1. The molecule has 0 saturated carbocycles. The van der Waals surface area contributed by atoms with Crippen molar-refractivity contribution >= 4 is 40.6 Å². The fraction of sp³-hybridized carbons (Fsp3) is 0.448. The van der Waals surface area contributed by atoms with E-state index in [2.05, 4.69) is 35.9 Å². The fourth-order valence-corrected chi connectivity index (χ4v) is 4.69. The highest BCUT2D eigenvalue weighted by atomic mass is 16.4. The lowest BCUT2D eigenvalue weighted by molar-refractivity contribution is -0.142. The van der Waals surface area contributed by atoms with Gasteiger partial charge < -0.3 is 48.2 Å². The lowest BCUT2D eigenvalue weighted by atomic mass is 9.96. The molecule has 12 N–H and O–H groups in total. The van der Waals surface area contributed by atoms with Gasteiger partial charge in [0, 0.05) is 48.4 Å². The maximum atomic E-state index is 13.6. The molecule has 0 bridgehead atoms. The SMILES string of the molecule is CCC(C)C(NC(=O)C(N)CCCN=C(N)N)C(=O)NC(Cc1cnc[nH]1)C(=O)NC(Cc1c[nH]c2ccccc12)C(=O)O. The molecule has 15 nitrogen and oxygen atoms in total. The van der Waals surface area contributed by atoms with Gasteiger partial charge in [0.2, 0.25) is 17.7 Å². The van der Waals surface area contributed by atoms with Crippen molar-refractivity contribution in [2.75, 3.05) is 6.54 Å². The zero-order chi connectivity index (χ0) is 32.2. The molecular formula is C29H42N10O5. The molecule has 44 heavy (non-hydrogen) atoms. The standard InChI is InChI=1S/C29H42N10O5/c1-3-16(2)24(39-25(40)20(30)8-6-10-34-29(31)32)27(42)37-22(12-18-14-33-15-36-18)26(41)38-23(28(43)44)11-17-13-35-21-9-5-4-7-19(17)21/h4-5,7,9,13-16,20,22-24,35H,3,6,8,10-12,30H2,1-2H3,(H,33,36)(H,37,42)(H,38,41)(H,39,40)(H,43,44)(H4,31,32,34). The van der Waals surface area contributed by atoms with Crippen molar-refractivity contribution in [1.29, 1.82) is 0 Å². The highest BCUT2D eigenvalue weighted by Gasteiger charge is 2.33. The molecule has 3 amide bonds. The van der Waals surface area contributed by atoms with Crippen molar-refractivity contribution < 1.29 is 24.3 Å². The van der Waals surface area contributed by atoms with E-state index in [0.717, 1.165) is 16.5 Å². The number of aliphatic carboxylic acids is 1. The zero-order valence-electron chi connectivity index (χ0n) is 24.9. The minimum Gasteiger partial charge on any atom is -0.480 e. The number of rotatable bonds is 17. The Bertz CT molecular complexity index is 1430. The average Bonchev–Trinajstić information content (AvgIpc) is 3.66. The topological polar surface area (TPSA) is 259 Å². The summed E-state index contributed by atoms with van der Waals surface area (Å²) in [5.74, 6) is -3.44. The maximum absolute atomic E-state index is 13.6. The Kier molecular flexibility index (Phi) is 12.3. The van der Waals surface area contributed by atoms with Gasteiger partial charge in [-0.05, 0) is 30.4 Å². The maximum Gasteiger partial charge on any atom is 0.326 e. The number of nitrogens with zero attached hydrogens (tertiary/aromatic N) is 2. The molecule has 5 atom stereocenters. The summed E-state index contributed by atoms with van der Waals surface area (Å²) in [6.45, 7) is 3.96. The molecule has 2 heterocycles. The van der Waals surface area contributed by atoms with Gasteiger partial charge in [0.05, 0.1) is 12.4 Å². The van der Waals surface area contributed by atoms with Gasteiger partial charge in [-0.3, -0.25) is 19.4 Å². The van der Waals surface area contributed by atoms with Crippen LogP contribution in [0.5, 0.6) is 0 Å². The predicted molar refractivity (Wildman–Crippen MR) is 165 cm³/mol. The van der Waals surface area contributed by atoms with E-state index >= 15 is 0 Å². The first-order valence-electron chi connectivity index (χ1n) is 14.5. The number of imidazole rings is 1. The highest BCUT2D eigenvalue weighted by molar-refractivity contribution is 5.94. The van der Waals surface area contributed by atoms with Crippen LogP contribution in [-0.4, -0.2) is 80.4 Å². The summed E-state index contributed by atoms with van der Waals surface area (Å²) in [6, 6.07) is 3.07. The number of nitrogens with two attached hydrogens (primary N) is 3. The molecule has 0 aliphatic heterocycles. The number of nitrogens with one attached hydrogen (secondary N) is 5. The molecule has 15 heteroatoms. The number of carbonyl (C=O) groups excluding carboxylic acids is 3. The molecule has 0 fully saturated rings. The summed E-state index contributed by atoms with van der Waals surface area (Å²) < 4.78 is 0. The summed E-state index contributed by atoms with van der Waals surface area (Å²) in [6.07, 6.45) is 5.95. The Hall–Kier alpha value is -4.92. The van der Waals surface area contributed by atoms with Crippen LogP contribution in [-0.2, 0) is 32.0 Å². The number of carboxylic acids is 1. The quantitative estimate of drug-likeness (QED) is 0.0548. The van der Waals surface area contributed by atoms with E-state index in [0.29, 0.717) is 25.1 Å². The number of aromatic amines is 2. The van der Waals surface area contributed by atoms with E-state index in [9.17, 15) is 24.3 Å². The fourth-order valence-electron chi connectivity index (χ4n) is 4.69. The minimum absolute atomic E-state index is 0.00246. The Morgan fingerprint density at radius 1 is 1.00 bits per heavy atom. The van der Waals surface area contributed by atoms with Gasteiger partial charge >= 0.3 is 5.97 Å². The number of carbonyl (C=O) groups is 4. The van der Waals surface area contributed by atoms with Crippen LogP contribution in [0.15, 0.2) is 48.0 Å². The second kappa shape index (κ2) is 16.1. The molecule has 0 spiro atoms. The third kappa shape index (κ3) is 9.55. The van der Waals surface area contributed by atoms with Gasteiger partial charge in [0.15, 0.2) is 5.96 Å². The summed E-state index contributed by atoms with van der Waals surface area (Å²) in [5.41, 5.74) is 18.8. The third-order valence-corrected chi connectivity index (χ3v) is 7.42. The van der Waals surface area contributed by atoms with Crippen molar-refractivity contribution in [1.82, 2.24) is 30.9 Å². The summed E-state index contributed by atoms with van der Waals surface area (Å²) in [4.78, 5) is 66.0. The number of hydrogen-bond acceptors (Lipinski definition) is 7. The van der Waals surface area contributed by atoms with Gasteiger partial charge in [-0.2, -0.15) is 0 Å². The molecule has 5 unspecified atom stereocenters. The third-order valence-electron chi connectivity index (χ3n) is 7.42. The molecule has 0 aliphatic carbocycles. The Morgan fingerprint density at radius 2 is 1.73 bits per heavy atom. The number of carboxylic acid groups (broad SMARTS) is 1. The van der Waals surface area contributed by atoms with Crippen molar-refractivity contribution in [2.45, 2.75) is 70.1 Å². The molecule has 1 aromatic carbocycles. The van der Waals surface area contributed by atoms with Crippen LogP contribution in [0, 0.1) is 5.92 Å². The average molecular weight is 611 g/mol. The van der Waals surface area contributed by atoms with Gasteiger partial charge in [-0.1, -0.05) is 38.5 Å². The second-order valence-corrected chi connectivity index (χ2v) is 10.7.